The Kier molecular flexibility index (Phi) is 7.19. The highest BCUT2D eigenvalue weighted by Crippen LogP contribution is 2.31. The number of hydrogen-bond donors (Lipinski definition) is 1. The number of pyridine rings is 1. The molecule has 2 heterocycles. The third-order valence-corrected chi connectivity index (χ3v) is 4.66. The zero-order valence-corrected chi connectivity index (χ0v) is 17.2. The summed E-state index contributed by atoms with van der Waals surface area (Å²) in [6.45, 7) is 0.758. The summed E-state index contributed by atoms with van der Waals surface area (Å²) in [6, 6.07) is 9.67. The van der Waals surface area contributed by atoms with E-state index in [1.807, 2.05) is 0 Å². The predicted molar refractivity (Wildman–Crippen MR) is 112 cm³/mol. The Morgan fingerprint density at radius 1 is 1.13 bits per heavy atom. The second kappa shape index (κ2) is 10.0. The third-order valence-electron chi connectivity index (χ3n) is 4.36. The molecule has 0 aliphatic rings. The van der Waals surface area contributed by atoms with E-state index in [1.54, 1.807) is 30.5 Å². The minimum Gasteiger partial charge on any atom is -0.348 e. The number of anilines is 1. The monoisotopic (exact) mass is 445 g/mol. The van der Waals surface area contributed by atoms with Gasteiger partial charge in [-0.1, -0.05) is 17.7 Å². The molecule has 0 atom stereocenters. The summed E-state index contributed by atoms with van der Waals surface area (Å²) in [4.78, 5) is 29.2. The van der Waals surface area contributed by atoms with E-state index in [9.17, 15) is 18.4 Å². The van der Waals surface area contributed by atoms with Gasteiger partial charge in [-0.3, -0.25) is 14.6 Å². The first-order chi connectivity index (χ1) is 14.8. The van der Waals surface area contributed by atoms with Crippen molar-refractivity contribution < 1.29 is 18.4 Å². The average molecular weight is 446 g/mol. The number of amides is 2. The van der Waals surface area contributed by atoms with Gasteiger partial charge in [0.1, 0.15) is 0 Å². The van der Waals surface area contributed by atoms with Gasteiger partial charge in [-0.25, -0.2) is 8.78 Å². The summed E-state index contributed by atoms with van der Waals surface area (Å²) in [5, 5.41) is 10.3. The molecule has 7 nitrogen and oxygen atoms in total. The van der Waals surface area contributed by atoms with Gasteiger partial charge in [-0.15, -0.1) is 0 Å². The number of benzene rings is 1. The van der Waals surface area contributed by atoms with Crippen molar-refractivity contribution in [3.05, 3.63) is 71.1 Å². The van der Waals surface area contributed by atoms with Crippen molar-refractivity contribution >= 4 is 29.1 Å². The van der Waals surface area contributed by atoms with Gasteiger partial charge in [-0.2, -0.15) is 10.2 Å². The fraction of sp³-hybridized carbons (Fsp3) is 0.190. The molecule has 0 bridgehead atoms. The molecule has 0 fully saturated rings. The first-order valence-corrected chi connectivity index (χ1v) is 9.59. The van der Waals surface area contributed by atoms with Gasteiger partial charge >= 0.3 is 0 Å². The van der Waals surface area contributed by atoms with Gasteiger partial charge in [0.15, 0.2) is 0 Å². The number of hydrogen-bond acceptors (Lipinski definition) is 5. The minimum absolute atomic E-state index is 0.142. The SMILES string of the molecule is CC(=O)N(CC(F)F)c1ccc(-c2ccc(C(=O)NCc3ccnnc3)cn2)cc1Cl. The Balaban J connectivity index is 1.72. The molecule has 0 radical (unpaired) electrons. The fourth-order valence-electron chi connectivity index (χ4n) is 2.83. The normalized spacial score (nSPS) is 10.7. The van der Waals surface area contributed by atoms with E-state index in [1.165, 1.54) is 31.5 Å². The summed E-state index contributed by atoms with van der Waals surface area (Å²) in [7, 11) is 0. The number of carbonyl (C=O) groups is 2. The summed E-state index contributed by atoms with van der Waals surface area (Å²) in [6.07, 6.45) is 1.84. The highest BCUT2D eigenvalue weighted by Gasteiger charge is 2.19. The van der Waals surface area contributed by atoms with Crippen LogP contribution in [0.4, 0.5) is 14.5 Å². The second-order valence-corrected chi connectivity index (χ2v) is 6.96. The van der Waals surface area contributed by atoms with Gasteiger partial charge in [0.2, 0.25) is 5.91 Å². The van der Waals surface area contributed by atoms with Gasteiger partial charge in [0, 0.05) is 31.4 Å². The fourth-order valence-corrected chi connectivity index (χ4v) is 3.11. The van der Waals surface area contributed by atoms with Crippen molar-refractivity contribution in [3.63, 3.8) is 0 Å². The Morgan fingerprint density at radius 2 is 1.94 bits per heavy atom. The van der Waals surface area contributed by atoms with Crippen LogP contribution in [0.5, 0.6) is 0 Å². The van der Waals surface area contributed by atoms with Crippen molar-refractivity contribution in [3.8, 4) is 11.3 Å². The topological polar surface area (TPSA) is 88.1 Å². The number of nitrogens with one attached hydrogen (secondary N) is 1. The van der Waals surface area contributed by atoms with Crippen molar-refractivity contribution in [2.75, 3.05) is 11.4 Å². The van der Waals surface area contributed by atoms with Gasteiger partial charge < -0.3 is 10.2 Å². The minimum atomic E-state index is -2.69. The molecule has 0 aliphatic carbocycles. The highest BCUT2D eigenvalue weighted by atomic mass is 35.5. The molecule has 1 aromatic carbocycles. The van der Waals surface area contributed by atoms with Gasteiger partial charge in [0.05, 0.1) is 34.7 Å². The number of halogens is 3. The Hall–Kier alpha value is -3.46. The smallest absolute Gasteiger partial charge is 0.256 e. The van der Waals surface area contributed by atoms with Crippen LogP contribution in [-0.4, -0.2) is 40.0 Å². The van der Waals surface area contributed by atoms with Crippen molar-refractivity contribution in [2.45, 2.75) is 19.9 Å². The number of alkyl halides is 2. The van der Waals surface area contributed by atoms with E-state index in [-0.39, 0.29) is 16.6 Å². The van der Waals surface area contributed by atoms with E-state index in [0.29, 0.717) is 23.4 Å². The van der Waals surface area contributed by atoms with Gasteiger partial charge in [-0.05, 0) is 35.9 Å². The standard InChI is InChI=1S/C21H18ClF2N5O2/c1-13(30)29(12-20(23)24)19-5-3-15(8-17(19)22)18-4-2-16(11-25-18)21(31)26-9-14-6-7-27-28-10-14/h2-8,10-11,20H,9,12H2,1H3,(H,26,31). The largest absolute Gasteiger partial charge is 0.348 e. The molecule has 0 unspecified atom stereocenters. The summed E-state index contributed by atoms with van der Waals surface area (Å²) in [5.74, 6) is -0.834. The van der Waals surface area contributed by atoms with Crippen molar-refractivity contribution in [1.29, 1.82) is 0 Å². The van der Waals surface area contributed by atoms with E-state index in [2.05, 4.69) is 20.5 Å². The molecule has 2 aromatic heterocycles. The molecule has 10 heteroatoms. The molecule has 160 valence electrons. The molecular weight excluding hydrogens is 428 g/mol. The first kappa shape index (κ1) is 22.2. The highest BCUT2D eigenvalue weighted by molar-refractivity contribution is 6.34. The van der Waals surface area contributed by atoms with Crippen LogP contribution in [0.3, 0.4) is 0 Å². The Morgan fingerprint density at radius 3 is 2.52 bits per heavy atom. The lowest BCUT2D eigenvalue weighted by molar-refractivity contribution is -0.117. The molecular formula is C21H18ClF2N5O2. The summed E-state index contributed by atoms with van der Waals surface area (Å²) >= 11 is 6.24. The molecule has 2 amide bonds. The Labute approximate surface area is 182 Å². The molecule has 0 spiro atoms. The lowest BCUT2D eigenvalue weighted by atomic mass is 10.1. The molecule has 0 saturated carbocycles. The lowest BCUT2D eigenvalue weighted by Gasteiger charge is -2.22. The van der Waals surface area contributed by atoms with E-state index in [4.69, 9.17) is 11.6 Å². The van der Waals surface area contributed by atoms with Crippen LogP contribution in [0, 0.1) is 0 Å². The number of nitrogens with zero attached hydrogens (tertiary/aromatic N) is 4. The molecule has 0 saturated heterocycles. The quantitative estimate of drug-likeness (QED) is 0.598. The molecule has 1 N–H and O–H groups in total. The number of rotatable bonds is 7. The van der Waals surface area contributed by atoms with Crippen LogP contribution >= 0.6 is 11.6 Å². The van der Waals surface area contributed by atoms with Crippen LogP contribution in [0.25, 0.3) is 11.3 Å². The maximum absolute atomic E-state index is 12.8. The maximum Gasteiger partial charge on any atom is 0.256 e. The first-order valence-electron chi connectivity index (χ1n) is 9.21. The van der Waals surface area contributed by atoms with Crippen molar-refractivity contribution in [1.82, 2.24) is 20.5 Å². The lowest BCUT2D eigenvalue weighted by Crippen LogP contribution is -2.33. The third kappa shape index (κ3) is 5.79. The predicted octanol–water partition coefficient (Wildman–Crippen LogP) is 3.74. The van der Waals surface area contributed by atoms with Crippen molar-refractivity contribution in [2.24, 2.45) is 0 Å². The average Bonchev–Trinajstić information content (AvgIpc) is 2.76. The van der Waals surface area contributed by atoms with Crippen LogP contribution in [-0.2, 0) is 11.3 Å². The molecule has 31 heavy (non-hydrogen) atoms. The van der Waals surface area contributed by atoms with E-state index in [0.717, 1.165) is 10.5 Å². The van der Waals surface area contributed by atoms with Crippen LogP contribution in [0.2, 0.25) is 5.02 Å². The zero-order chi connectivity index (χ0) is 22.4. The van der Waals surface area contributed by atoms with Crippen LogP contribution in [0.15, 0.2) is 55.0 Å². The maximum atomic E-state index is 12.8. The summed E-state index contributed by atoms with van der Waals surface area (Å²) in [5.41, 5.74) is 2.53. The number of aromatic nitrogens is 3. The summed E-state index contributed by atoms with van der Waals surface area (Å²) < 4.78 is 25.6. The molecule has 3 rings (SSSR count). The zero-order valence-electron chi connectivity index (χ0n) is 16.4. The Bertz CT molecular complexity index is 1070. The second-order valence-electron chi connectivity index (χ2n) is 6.55. The van der Waals surface area contributed by atoms with Crippen LogP contribution in [0.1, 0.15) is 22.8 Å². The molecule has 0 aliphatic heterocycles. The van der Waals surface area contributed by atoms with Gasteiger partial charge in [0.25, 0.3) is 12.3 Å². The molecule has 3 aromatic rings. The number of carbonyl (C=O) groups excluding carboxylic acids is 2. The van der Waals surface area contributed by atoms with Crippen LogP contribution < -0.4 is 10.2 Å². The van der Waals surface area contributed by atoms with E-state index >= 15 is 0 Å². The van der Waals surface area contributed by atoms with E-state index < -0.39 is 18.9 Å².